The van der Waals surface area contributed by atoms with Crippen LogP contribution in [0.25, 0.3) is 22.4 Å². The molecule has 0 saturated heterocycles. The van der Waals surface area contributed by atoms with E-state index in [2.05, 4.69) is 10.4 Å². The lowest BCUT2D eigenvalue weighted by molar-refractivity contribution is -0.0439. The number of fused-ring (bicyclic) bond motifs is 1. The van der Waals surface area contributed by atoms with Crippen LogP contribution in [0.3, 0.4) is 0 Å². The molecule has 178 valence electrons. The predicted molar refractivity (Wildman–Crippen MR) is 136 cm³/mol. The first kappa shape index (κ1) is 22.8. The van der Waals surface area contributed by atoms with Gasteiger partial charge in [-0.3, -0.25) is 0 Å². The Balaban J connectivity index is 1.51. The first-order valence-electron chi connectivity index (χ1n) is 11.1. The van der Waals surface area contributed by atoms with Crippen molar-refractivity contribution in [2.75, 3.05) is 12.4 Å². The lowest BCUT2D eigenvalue weighted by atomic mass is 10.0. The van der Waals surface area contributed by atoms with E-state index in [4.69, 9.17) is 25.8 Å². The van der Waals surface area contributed by atoms with Gasteiger partial charge in [0.05, 0.1) is 12.8 Å². The van der Waals surface area contributed by atoms with Gasteiger partial charge in [0.1, 0.15) is 5.69 Å². The second kappa shape index (κ2) is 8.67. The molecule has 5 rings (SSSR count). The normalized spacial score (nSPS) is 13.5. The molecule has 1 aliphatic heterocycles. The molecular weight excluding hydrogens is 466 g/mol. The number of hydrogen-bond acceptors (Lipinski definition) is 5. The summed E-state index contributed by atoms with van der Waals surface area (Å²) in [6, 6.07) is 18.4. The molecule has 1 aromatic heterocycles. The molecule has 1 amide bonds. The maximum Gasteiger partial charge on any atom is 0.346 e. The van der Waals surface area contributed by atoms with Crippen molar-refractivity contribution in [1.82, 2.24) is 9.78 Å². The standard InChI is InChI=1S/C27H24ClN3O4/c1-16-5-7-18(8-6-16)24-21(17-9-11-19(28)12-10-17)15-31(30-24)26(32)29-20-13-22(33-4)25-23(14-20)34-27(2,3)35-25/h5-15H,1-4H3,(H,29,32). The lowest BCUT2D eigenvalue weighted by Gasteiger charge is -2.16. The van der Waals surface area contributed by atoms with Gasteiger partial charge in [-0.05, 0) is 24.6 Å². The van der Waals surface area contributed by atoms with Gasteiger partial charge < -0.3 is 19.5 Å². The molecule has 0 atom stereocenters. The molecule has 0 radical (unpaired) electrons. The van der Waals surface area contributed by atoms with E-state index >= 15 is 0 Å². The van der Waals surface area contributed by atoms with Crippen LogP contribution in [-0.4, -0.2) is 28.7 Å². The third-order valence-corrected chi connectivity index (χ3v) is 5.85. The smallest absolute Gasteiger partial charge is 0.346 e. The largest absolute Gasteiger partial charge is 0.493 e. The number of amides is 1. The summed E-state index contributed by atoms with van der Waals surface area (Å²) in [6.07, 6.45) is 1.71. The van der Waals surface area contributed by atoms with E-state index in [0.717, 1.165) is 22.3 Å². The molecule has 1 aliphatic rings. The third-order valence-electron chi connectivity index (χ3n) is 5.60. The molecule has 4 aromatic rings. The monoisotopic (exact) mass is 489 g/mol. The Labute approximate surface area is 208 Å². The molecule has 0 saturated carbocycles. The second-order valence-corrected chi connectivity index (χ2v) is 9.19. The minimum atomic E-state index is -0.823. The summed E-state index contributed by atoms with van der Waals surface area (Å²) in [5.74, 6) is 0.635. The van der Waals surface area contributed by atoms with Crippen LogP contribution >= 0.6 is 11.6 Å². The molecule has 3 aromatic carbocycles. The number of aryl methyl sites for hydroxylation is 1. The average molecular weight is 490 g/mol. The maximum absolute atomic E-state index is 13.2. The zero-order chi connectivity index (χ0) is 24.7. The number of aromatic nitrogens is 2. The van der Waals surface area contributed by atoms with Crippen molar-refractivity contribution in [3.63, 3.8) is 0 Å². The quantitative estimate of drug-likeness (QED) is 0.342. The Kier molecular flexibility index (Phi) is 5.65. The van der Waals surface area contributed by atoms with Gasteiger partial charge in [0.15, 0.2) is 11.5 Å². The molecular formula is C27H24ClN3O4. The van der Waals surface area contributed by atoms with E-state index in [1.54, 1.807) is 32.2 Å². The zero-order valence-electron chi connectivity index (χ0n) is 19.8. The topological polar surface area (TPSA) is 74.6 Å². The van der Waals surface area contributed by atoms with Gasteiger partial charge in [0.2, 0.25) is 11.5 Å². The predicted octanol–water partition coefficient (Wildman–Crippen LogP) is 6.78. The van der Waals surface area contributed by atoms with E-state index in [9.17, 15) is 4.79 Å². The van der Waals surface area contributed by atoms with Gasteiger partial charge in [-0.15, -0.1) is 0 Å². The Hall–Kier alpha value is -3.97. The highest BCUT2D eigenvalue weighted by Crippen LogP contribution is 2.47. The van der Waals surface area contributed by atoms with Gasteiger partial charge in [-0.25, -0.2) is 4.79 Å². The fraction of sp³-hybridized carbons (Fsp3) is 0.185. The van der Waals surface area contributed by atoms with Crippen LogP contribution in [0, 0.1) is 6.92 Å². The van der Waals surface area contributed by atoms with Crippen LogP contribution in [-0.2, 0) is 0 Å². The van der Waals surface area contributed by atoms with Crippen LogP contribution in [0.5, 0.6) is 17.2 Å². The number of ether oxygens (including phenoxy) is 3. The molecule has 35 heavy (non-hydrogen) atoms. The Morgan fingerprint density at radius 3 is 2.40 bits per heavy atom. The molecule has 0 aliphatic carbocycles. The molecule has 8 heteroatoms. The fourth-order valence-electron chi connectivity index (χ4n) is 3.93. The second-order valence-electron chi connectivity index (χ2n) is 8.75. The summed E-state index contributed by atoms with van der Waals surface area (Å²) in [5.41, 5.74) is 4.93. The van der Waals surface area contributed by atoms with Crippen LogP contribution in [0.15, 0.2) is 66.9 Å². The van der Waals surface area contributed by atoms with E-state index in [1.165, 1.54) is 11.8 Å². The number of carbonyl (C=O) groups is 1. The Morgan fingerprint density at radius 1 is 1.03 bits per heavy atom. The summed E-state index contributed by atoms with van der Waals surface area (Å²) in [7, 11) is 1.54. The number of rotatable bonds is 4. The van der Waals surface area contributed by atoms with Crippen molar-refractivity contribution in [3.05, 3.63) is 77.4 Å². The van der Waals surface area contributed by atoms with Crippen LogP contribution in [0.4, 0.5) is 10.5 Å². The Bertz CT molecular complexity index is 1350. The Morgan fingerprint density at radius 2 is 1.71 bits per heavy atom. The molecule has 0 unspecified atom stereocenters. The maximum atomic E-state index is 13.2. The van der Waals surface area contributed by atoms with Gasteiger partial charge in [-0.2, -0.15) is 9.78 Å². The van der Waals surface area contributed by atoms with Crippen LogP contribution in [0.1, 0.15) is 19.4 Å². The minimum absolute atomic E-state index is 0.432. The SMILES string of the molecule is COc1cc(NC(=O)n2cc(-c3ccc(Cl)cc3)c(-c3ccc(C)cc3)n2)cc2c1OC(C)(C)O2. The van der Waals surface area contributed by atoms with Crippen molar-refractivity contribution in [1.29, 1.82) is 0 Å². The van der Waals surface area contributed by atoms with Crippen LogP contribution < -0.4 is 19.5 Å². The van der Waals surface area contributed by atoms with Gasteiger partial charge >= 0.3 is 6.03 Å². The van der Waals surface area contributed by atoms with Crippen molar-refractivity contribution in [2.24, 2.45) is 0 Å². The van der Waals surface area contributed by atoms with Crippen molar-refractivity contribution < 1.29 is 19.0 Å². The number of nitrogens with zero attached hydrogens (tertiary/aromatic N) is 2. The van der Waals surface area contributed by atoms with Crippen LogP contribution in [0.2, 0.25) is 5.02 Å². The number of hydrogen-bond donors (Lipinski definition) is 1. The first-order valence-corrected chi connectivity index (χ1v) is 11.4. The summed E-state index contributed by atoms with van der Waals surface area (Å²) in [6.45, 7) is 5.63. The number of anilines is 1. The zero-order valence-corrected chi connectivity index (χ0v) is 20.5. The van der Waals surface area contributed by atoms with Gasteiger partial charge in [0, 0.05) is 48.3 Å². The number of halogens is 1. The number of benzene rings is 3. The minimum Gasteiger partial charge on any atom is -0.493 e. The summed E-state index contributed by atoms with van der Waals surface area (Å²) in [4.78, 5) is 13.2. The average Bonchev–Trinajstić information content (AvgIpc) is 3.40. The number of nitrogens with one attached hydrogen (secondary N) is 1. The first-order chi connectivity index (χ1) is 16.7. The third kappa shape index (κ3) is 4.55. The lowest BCUT2D eigenvalue weighted by Crippen LogP contribution is -2.29. The van der Waals surface area contributed by atoms with E-state index in [1.807, 2.05) is 55.5 Å². The summed E-state index contributed by atoms with van der Waals surface area (Å²) in [5, 5.41) is 8.14. The molecule has 2 heterocycles. The highest BCUT2D eigenvalue weighted by atomic mass is 35.5. The van der Waals surface area contributed by atoms with Crippen molar-refractivity contribution >= 4 is 23.3 Å². The summed E-state index contributed by atoms with van der Waals surface area (Å²) >= 11 is 6.09. The molecule has 7 nitrogen and oxygen atoms in total. The van der Waals surface area contributed by atoms with Crippen molar-refractivity contribution in [3.8, 4) is 39.6 Å². The summed E-state index contributed by atoms with van der Waals surface area (Å²) < 4.78 is 18.4. The molecule has 1 N–H and O–H groups in total. The van der Waals surface area contributed by atoms with Gasteiger partial charge in [0.25, 0.3) is 0 Å². The van der Waals surface area contributed by atoms with Crippen molar-refractivity contribution in [2.45, 2.75) is 26.6 Å². The number of methoxy groups -OCH3 is 1. The fourth-order valence-corrected chi connectivity index (χ4v) is 4.06. The van der Waals surface area contributed by atoms with E-state index in [0.29, 0.717) is 33.7 Å². The number of carbonyl (C=O) groups excluding carboxylic acids is 1. The highest BCUT2D eigenvalue weighted by Gasteiger charge is 2.35. The molecule has 0 fully saturated rings. The van der Waals surface area contributed by atoms with E-state index < -0.39 is 11.8 Å². The van der Waals surface area contributed by atoms with E-state index in [-0.39, 0.29) is 0 Å². The molecule has 0 spiro atoms. The molecule has 0 bridgehead atoms. The van der Waals surface area contributed by atoms with Gasteiger partial charge in [-0.1, -0.05) is 53.6 Å². The highest BCUT2D eigenvalue weighted by molar-refractivity contribution is 6.30.